The lowest BCUT2D eigenvalue weighted by atomic mass is 10.3. The fourth-order valence-corrected chi connectivity index (χ4v) is 4.06. The molecule has 0 heterocycles. The molecular weight excluding hydrogens is 263 g/mol. The first-order valence-corrected chi connectivity index (χ1v) is 8.22. The van der Waals surface area contributed by atoms with E-state index in [9.17, 15) is 4.57 Å². The molecule has 0 saturated heterocycles. The van der Waals surface area contributed by atoms with Gasteiger partial charge in [0.15, 0.2) is 7.14 Å². The van der Waals surface area contributed by atoms with Gasteiger partial charge in [0.25, 0.3) is 0 Å². The molecule has 0 aliphatic rings. The molecule has 0 saturated carbocycles. The second-order valence-corrected chi connectivity index (χ2v) is 7.10. The van der Waals surface area contributed by atoms with E-state index in [1.165, 1.54) is 0 Å². The Morgan fingerprint density at radius 3 is 1.85 bits per heavy atom. The molecule has 0 atom stereocenters. The van der Waals surface area contributed by atoms with E-state index in [2.05, 4.69) is 12.3 Å². The van der Waals surface area contributed by atoms with Gasteiger partial charge in [0.1, 0.15) is 0 Å². The van der Waals surface area contributed by atoms with E-state index in [0.717, 1.165) is 16.2 Å². The number of hydrogen-bond acceptors (Lipinski definition) is 1. The lowest BCUT2D eigenvalue weighted by Crippen LogP contribution is -2.13. The van der Waals surface area contributed by atoms with E-state index in [0.29, 0.717) is 0 Å². The quantitative estimate of drug-likeness (QED) is 0.465. The van der Waals surface area contributed by atoms with E-state index >= 15 is 0 Å². The van der Waals surface area contributed by atoms with Gasteiger partial charge in [-0.25, -0.2) is 0 Å². The van der Waals surface area contributed by atoms with Crippen molar-refractivity contribution < 1.29 is 4.57 Å². The summed E-state index contributed by atoms with van der Waals surface area (Å²) < 4.78 is 13.5. The van der Waals surface area contributed by atoms with Gasteiger partial charge in [-0.3, -0.25) is 0 Å². The van der Waals surface area contributed by atoms with Gasteiger partial charge in [0.2, 0.25) is 0 Å². The van der Waals surface area contributed by atoms with Gasteiger partial charge in [0, 0.05) is 16.4 Å². The summed E-state index contributed by atoms with van der Waals surface area (Å²) in [7, 11) is -2.80. The molecule has 0 amide bonds. The predicted molar refractivity (Wildman–Crippen MR) is 87.2 cm³/mol. The minimum Gasteiger partial charge on any atom is -0.309 e. The van der Waals surface area contributed by atoms with Crippen LogP contribution < -0.4 is 10.6 Å². The summed E-state index contributed by atoms with van der Waals surface area (Å²) in [6.45, 7) is 5.59. The van der Waals surface area contributed by atoms with Crippen LogP contribution in [-0.2, 0) is 4.57 Å². The Labute approximate surface area is 120 Å². The van der Waals surface area contributed by atoms with Gasteiger partial charge in [-0.2, -0.15) is 0 Å². The highest BCUT2D eigenvalue weighted by molar-refractivity contribution is 7.81. The average Bonchev–Trinajstić information content (AvgIpc) is 2.54. The molecule has 0 unspecified atom stereocenters. The van der Waals surface area contributed by atoms with Crippen LogP contribution in [-0.4, -0.2) is 0 Å². The largest absolute Gasteiger partial charge is 0.309 e. The Bertz CT molecular complexity index is 649. The molecular formula is C18H17OP. The summed E-state index contributed by atoms with van der Waals surface area (Å²) in [5, 5.41) is 1.63. The lowest BCUT2D eigenvalue weighted by Gasteiger charge is -2.14. The van der Waals surface area contributed by atoms with Crippen LogP contribution in [0.25, 0.3) is 0 Å². The standard InChI is InChI=1S/C18H17OP/c1-3-16(2)14-15-20(19,17-10-6-4-7-11-17)18-12-8-5-9-13-18/h3-13,15H,1H2,2H3. The minimum atomic E-state index is -2.80. The topological polar surface area (TPSA) is 17.1 Å². The Balaban J connectivity index is 2.65. The fraction of sp³-hybridized carbons (Fsp3) is 0.0556. The highest BCUT2D eigenvalue weighted by Crippen LogP contribution is 2.44. The summed E-state index contributed by atoms with van der Waals surface area (Å²) in [4.78, 5) is 0. The normalized spacial score (nSPS) is 10.4. The number of allylic oxidation sites excluding steroid dienone is 2. The molecule has 0 fully saturated rings. The van der Waals surface area contributed by atoms with Crippen LogP contribution in [0.3, 0.4) is 0 Å². The third kappa shape index (κ3) is 3.08. The van der Waals surface area contributed by atoms with Crippen molar-refractivity contribution >= 4 is 17.8 Å². The van der Waals surface area contributed by atoms with E-state index in [-0.39, 0.29) is 0 Å². The summed E-state index contributed by atoms with van der Waals surface area (Å²) in [5.41, 5.74) is 3.95. The predicted octanol–water partition coefficient (Wildman–Crippen LogP) is 4.25. The monoisotopic (exact) mass is 280 g/mol. The first kappa shape index (κ1) is 14.3. The molecule has 0 radical (unpaired) electrons. The summed E-state index contributed by atoms with van der Waals surface area (Å²) in [5.74, 6) is 1.69. The first-order valence-electron chi connectivity index (χ1n) is 6.44. The Kier molecular flexibility index (Phi) is 4.58. The molecule has 0 aliphatic heterocycles. The Hall–Kier alpha value is -2.07. The molecule has 20 heavy (non-hydrogen) atoms. The van der Waals surface area contributed by atoms with Crippen LogP contribution in [0.1, 0.15) is 6.92 Å². The van der Waals surface area contributed by atoms with Crippen LogP contribution in [0.5, 0.6) is 0 Å². The molecule has 2 aromatic rings. The molecule has 2 heteroatoms. The molecule has 1 nitrogen and oxygen atoms in total. The number of rotatable bonds is 4. The minimum absolute atomic E-state index is 0.815. The zero-order chi connectivity index (χ0) is 14.4. The second kappa shape index (κ2) is 6.39. The van der Waals surface area contributed by atoms with Crippen molar-refractivity contribution in [2.24, 2.45) is 0 Å². The maximum absolute atomic E-state index is 13.5. The van der Waals surface area contributed by atoms with Crippen LogP contribution in [0, 0.1) is 0 Å². The third-order valence-corrected chi connectivity index (χ3v) is 5.68. The van der Waals surface area contributed by atoms with E-state index < -0.39 is 7.14 Å². The van der Waals surface area contributed by atoms with Crippen molar-refractivity contribution in [2.75, 3.05) is 0 Å². The summed E-state index contributed by atoms with van der Waals surface area (Å²) in [6, 6.07) is 19.1. The van der Waals surface area contributed by atoms with Crippen LogP contribution in [0.2, 0.25) is 0 Å². The van der Waals surface area contributed by atoms with Crippen molar-refractivity contribution in [1.29, 1.82) is 0 Å². The van der Waals surface area contributed by atoms with E-state index in [1.807, 2.05) is 67.6 Å². The van der Waals surface area contributed by atoms with E-state index in [4.69, 9.17) is 0 Å². The smallest absolute Gasteiger partial charge is 0.171 e. The molecule has 2 aromatic carbocycles. The summed E-state index contributed by atoms with van der Waals surface area (Å²) in [6.07, 6.45) is 1.71. The van der Waals surface area contributed by atoms with Gasteiger partial charge < -0.3 is 4.57 Å². The lowest BCUT2D eigenvalue weighted by molar-refractivity contribution is 0.592. The number of hydrogen-bond donors (Lipinski definition) is 0. The van der Waals surface area contributed by atoms with Crippen molar-refractivity contribution in [3.8, 4) is 0 Å². The van der Waals surface area contributed by atoms with Gasteiger partial charge in [0.05, 0.1) is 0 Å². The fourth-order valence-electron chi connectivity index (χ4n) is 1.85. The van der Waals surface area contributed by atoms with Gasteiger partial charge >= 0.3 is 0 Å². The van der Waals surface area contributed by atoms with Crippen LogP contribution in [0.4, 0.5) is 0 Å². The molecule has 0 aromatic heterocycles. The van der Waals surface area contributed by atoms with E-state index in [1.54, 1.807) is 11.9 Å². The van der Waals surface area contributed by atoms with Gasteiger partial charge in [-0.05, 0) is 12.5 Å². The maximum Gasteiger partial charge on any atom is 0.171 e. The summed E-state index contributed by atoms with van der Waals surface area (Å²) >= 11 is 0. The maximum atomic E-state index is 13.5. The van der Waals surface area contributed by atoms with Gasteiger partial charge in [-0.1, -0.05) is 73.3 Å². The van der Waals surface area contributed by atoms with Crippen molar-refractivity contribution in [2.45, 2.75) is 6.92 Å². The SMILES string of the molecule is C=CC(C)=C=CP(=O)(c1ccccc1)c1ccccc1. The highest BCUT2D eigenvalue weighted by atomic mass is 31.2. The molecule has 0 spiro atoms. The molecule has 0 aliphatic carbocycles. The zero-order valence-corrected chi connectivity index (χ0v) is 12.4. The van der Waals surface area contributed by atoms with Crippen molar-refractivity contribution in [3.63, 3.8) is 0 Å². The second-order valence-electron chi connectivity index (χ2n) is 4.49. The first-order chi connectivity index (χ1) is 9.66. The molecule has 100 valence electrons. The third-order valence-electron chi connectivity index (χ3n) is 3.06. The van der Waals surface area contributed by atoms with Crippen molar-refractivity contribution in [1.82, 2.24) is 0 Å². The number of benzene rings is 2. The zero-order valence-electron chi connectivity index (χ0n) is 11.5. The Morgan fingerprint density at radius 1 is 1.00 bits per heavy atom. The van der Waals surface area contributed by atoms with Crippen molar-refractivity contribution in [3.05, 3.63) is 90.4 Å². The average molecular weight is 280 g/mol. The molecule has 0 bridgehead atoms. The molecule has 2 rings (SSSR count). The van der Waals surface area contributed by atoms with Gasteiger partial charge in [-0.15, -0.1) is 5.73 Å². The van der Waals surface area contributed by atoms with Crippen LogP contribution in [0.15, 0.2) is 90.4 Å². The Morgan fingerprint density at radius 2 is 1.45 bits per heavy atom. The van der Waals surface area contributed by atoms with Crippen LogP contribution >= 0.6 is 7.14 Å². The highest BCUT2D eigenvalue weighted by Gasteiger charge is 2.23. The molecule has 0 N–H and O–H groups in total.